The Balaban J connectivity index is 3.47. The fourth-order valence-electron chi connectivity index (χ4n) is 1.91. The number of hydrogen-bond donors (Lipinski definition) is 1. The standard InChI is InChI=1S/C14H20O3/c1-8-7-11(17-6)9(2)10(3)12(8)13(15)14(4,5)16/h7,16H,1-6H3. The van der Waals surface area contributed by atoms with Crippen LogP contribution in [-0.2, 0) is 0 Å². The average molecular weight is 236 g/mol. The van der Waals surface area contributed by atoms with Gasteiger partial charge in [0, 0.05) is 5.56 Å². The molecular formula is C14H20O3. The quantitative estimate of drug-likeness (QED) is 0.820. The lowest BCUT2D eigenvalue weighted by molar-refractivity contribution is 0.0486. The fraction of sp³-hybridized carbons (Fsp3) is 0.500. The lowest BCUT2D eigenvalue weighted by Gasteiger charge is -2.21. The van der Waals surface area contributed by atoms with Crippen LogP contribution in [0.4, 0.5) is 0 Å². The third-order valence-electron chi connectivity index (χ3n) is 3.05. The Morgan fingerprint density at radius 2 is 1.76 bits per heavy atom. The first kappa shape index (κ1) is 13.7. The normalized spacial score (nSPS) is 11.5. The molecule has 0 heterocycles. The minimum Gasteiger partial charge on any atom is -0.496 e. The van der Waals surface area contributed by atoms with E-state index < -0.39 is 5.60 Å². The summed E-state index contributed by atoms with van der Waals surface area (Å²) in [4.78, 5) is 12.2. The fourth-order valence-corrected chi connectivity index (χ4v) is 1.91. The Morgan fingerprint density at radius 3 is 2.18 bits per heavy atom. The Morgan fingerprint density at radius 1 is 1.24 bits per heavy atom. The highest BCUT2D eigenvalue weighted by Crippen LogP contribution is 2.29. The van der Waals surface area contributed by atoms with Gasteiger partial charge in [0.15, 0.2) is 5.78 Å². The summed E-state index contributed by atoms with van der Waals surface area (Å²) in [5.41, 5.74) is 1.88. The van der Waals surface area contributed by atoms with Crippen LogP contribution in [-0.4, -0.2) is 23.6 Å². The molecule has 0 aliphatic heterocycles. The number of ketones is 1. The van der Waals surface area contributed by atoms with E-state index in [1.54, 1.807) is 7.11 Å². The molecule has 0 atom stereocenters. The molecule has 17 heavy (non-hydrogen) atoms. The minimum atomic E-state index is -1.35. The van der Waals surface area contributed by atoms with Crippen LogP contribution in [0.25, 0.3) is 0 Å². The van der Waals surface area contributed by atoms with Gasteiger partial charge in [-0.25, -0.2) is 0 Å². The van der Waals surface area contributed by atoms with E-state index in [2.05, 4.69) is 0 Å². The van der Waals surface area contributed by atoms with Crippen LogP contribution < -0.4 is 4.74 Å². The van der Waals surface area contributed by atoms with Crippen LogP contribution >= 0.6 is 0 Å². The summed E-state index contributed by atoms with van der Waals surface area (Å²) >= 11 is 0. The molecule has 0 aromatic heterocycles. The lowest BCUT2D eigenvalue weighted by Crippen LogP contribution is -2.32. The maximum atomic E-state index is 12.2. The van der Waals surface area contributed by atoms with Crippen molar-refractivity contribution in [2.24, 2.45) is 0 Å². The number of carbonyl (C=O) groups excluding carboxylic acids is 1. The molecule has 1 aromatic carbocycles. The maximum absolute atomic E-state index is 12.2. The molecule has 0 fully saturated rings. The van der Waals surface area contributed by atoms with Gasteiger partial charge in [0.2, 0.25) is 0 Å². The molecule has 0 aliphatic rings. The molecule has 0 spiro atoms. The highest BCUT2D eigenvalue weighted by molar-refractivity contribution is 6.04. The van der Waals surface area contributed by atoms with Gasteiger partial charge in [0.25, 0.3) is 0 Å². The number of carbonyl (C=O) groups is 1. The predicted octanol–water partition coefficient (Wildman–Crippen LogP) is 2.57. The van der Waals surface area contributed by atoms with Crippen LogP contribution in [0.15, 0.2) is 6.07 Å². The Labute approximate surface area is 102 Å². The minimum absolute atomic E-state index is 0.252. The molecule has 94 valence electrons. The van der Waals surface area contributed by atoms with Crippen molar-refractivity contribution in [1.82, 2.24) is 0 Å². The van der Waals surface area contributed by atoms with Gasteiger partial charge in [-0.2, -0.15) is 0 Å². The van der Waals surface area contributed by atoms with E-state index in [1.807, 2.05) is 26.8 Å². The van der Waals surface area contributed by atoms with E-state index >= 15 is 0 Å². The zero-order valence-corrected chi connectivity index (χ0v) is 11.3. The van der Waals surface area contributed by atoms with Gasteiger partial charge in [-0.15, -0.1) is 0 Å². The number of Topliss-reactive ketones (excluding diaryl/α,β-unsaturated/α-hetero) is 1. The van der Waals surface area contributed by atoms with Crippen molar-refractivity contribution >= 4 is 5.78 Å². The first-order chi connectivity index (χ1) is 7.70. The monoisotopic (exact) mass is 236 g/mol. The van der Waals surface area contributed by atoms with Gasteiger partial charge in [-0.1, -0.05) is 0 Å². The van der Waals surface area contributed by atoms with Crippen molar-refractivity contribution < 1.29 is 14.6 Å². The molecule has 3 nitrogen and oxygen atoms in total. The summed E-state index contributed by atoms with van der Waals surface area (Å²) in [7, 11) is 1.61. The molecule has 0 amide bonds. The second-order valence-corrected chi connectivity index (χ2v) is 4.91. The summed E-state index contributed by atoms with van der Waals surface area (Å²) in [5.74, 6) is 0.519. The Bertz CT molecular complexity index is 454. The lowest BCUT2D eigenvalue weighted by atomic mass is 9.88. The summed E-state index contributed by atoms with van der Waals surface area (Å²) in [6.45, 7) is 8.66. The topological polar surface area (TPSA) is 46.5 Å². The van der Waals surface area contributed by atoms with Crippen molar-refractivity contribution in [3.8, 4) is 5.75 Å². The van der Waals surface area contributed by atoms with E-state index in [-0.39, 0.29) is 5.78 Å². The molecule has 0 unspecified atom stereocenters. The summed E-state index contributed by atoms with van der Waals surface area (Å²) in [5, 5.41) is 9.83. The maximum Gasteiger partial charge on any atom is 0.194 e. The van der Waals surface area contributed by atoms with Gasteiger partial charge in [-0.05, 0) is 57.4 Å². The molecule has 0 bridgehead atoms. The number of ether oxygens (including phenoxy) is 1. The van der Waals surface area contributed by atoms with Crippen LogP contribution in [0, 0.1) is 20.8 Å². The summed E-state index contributed by atoms with van der Waals surface area (Å²) in [6, 6.07) is 1.83. The third kappa shape index (κ3) is 2.50. The van der Waals surface area contributed by atoms with Crippen molar-refractivity contribution in [3.63, 3.8) is 0 Å². The number of aryl methyl sites for hydroxylation is 1. The molecule has 0 radical (unpaired) electrons. The van der Waals surface area contributed by atoms with Crippen molar-refractivity contribution in [3.05, 3.63) is 28.3 Å². The van der Waals surface area contributed by atoms with Crippen LogP contribution in [0.3, 0.4) is 0 Å². The van der Waals surface area contributed by atoms with Crippen molar-refractivity contribution in [2.75, 3.05) is 7.11 Å². The highest BCUT2D eigenvalue weighted by atomic mass is 16.5. The number of aliphatic hydroxyl groups is 1. The van der Waals surface area contributed by atoms with Gasteiger partial charge in [-0.3, -0.25) is 4.79 Å². The zero-order valence-electron chi connectivity index (χ0n) is 11.3. The molecule has 1 rings (SSSR count). The summed E-state index contributed by atoms with van der Waals surface area (Å²) < 4.78 is 5.25. The Kier molecular flexibility index (Phi) is 3.62. The molecule has 0 saturated carbocycles. The largest absolute Gasteiger partial charge is 0.496 e. The molecule has 0 aliphatic carbocycles. The number of benzene rings is 1. The highest BCUT2D eigenvalue weighted by Gasteiger charge is 2.28. The first-order valence-electron chi connectivity index (χ1n) is 5.62. The molecule has 1 aromatic rings. The number of rotatable bonds is 3. The molecule has 1 N–H and O–H groups in total. The van der Waals surface area contributed by atoms with Crippen LogP contribution in [0.1, 0.15) is 40.9 Å². The number of hydrogen-bond acceptors (Lipinski definition) is 3. The average Bonchev–Trinajstić information content (AvgIpc) is 2.22. The van der Waals surface area contributed by atoms with E-state index in [4.69, 9.17) is 4.74 Å². The van der Waals surface area contributed by atoms with E-state index in [9.17, 15) is 9.90 Å². The second kappa shape index (κ2) is 4.49. The first-order valence-corrected chi connectivity index (χ1v) is 5.62. The number of methoxy groups -OCH3 is 1. The van der Waals surface area contributed by atoms with Crippen molar-refractivity contribution in [1.29, 1.82) is 0 Å². The predicted molar refractivity (Wildman–Crippen MR) is 67.8 cm³/mol. The summed E-state index contributed by atoms with van der Waals surface area (Å²) in [6.07, 6.45) is 0. The smallest absolute Gasteiger partial charge is 0.194 e. The van der Waals surface area contributed by atoms with Gasteiger partial charge >= 0.3 is 0 Å². The van der Waals surface area contributed by atoms with Crippen LogP contribution in [0.2, 0.25) is 0 Å². The Hall–Kier alpha value is -1.35. The second-order valence-electron chi connectivity index (χ2n) is 4.91. The molecular weight excluding hydrogens is 216 g/mol. The van der Waals surface area contributed by atoms with E-state index in [0.29, 0.717) is 5.56 Å². The van der Waals surface area contributed by atoms with E-state index in [0.717, 1.165) is 22.4 Å². The molecule has 3 heteroatoms. The molecule has 0 saturated heterocycles. The SMILES string of the molecule is COc1cc(C)c(C(=O)C(C)(C)O)c(C)c1C. The zero-order chi connectivity index (χ0) is 13.4. The van der Waals surface area contributed by atoms with Crippen molar-refractivity contribution in [2.45, 2.75) is 40.2 Å². The van der Waals surface area contributed by atoms with Gasteiger partial charge in [0.1, 0.15) is 11.4 Å². The third-order valence-corrected chi connectivity index (χ3v) is 3.05. The van der Waals surface area contributed by atoms with Gasteiger partial charge < -0.3 is 9.84 Å². The van der Waals surface area contributed by atoms with Crippen LogP contribution in [0.5, 0.6) is 5.75 Å². The van der Waals surface area contributed by atoms with E-state index in [1.165, 1.54) is 13.8 Å². The van der Waals surface area contributed by atoms with Gasteiger partial charge in [0.05, 0.1) is 7.11 Å².